The van der Waals surface area contributed by atoms with Gasteiger partial charge in [-0.25, -0.2) is 4.98 Å². The highest BCUT2D eigenvalue weighted by molar-refractivity contribution is 7.18. The van der Waals surface area contributed by atoms with E-state index in [9.17, 15) is 4.79 Å². The molecule has 0 fully saturated rings. The number of hydrogen-bond donors (Lipinski definition) is 2. The molecular formula is C23H20N4OS. The quantitative estimate of drug-likeness (QED) is 0.469. The molecule has 0 bridgehead atoms. The predicted octanol–water partition coefficient (Wildman–Crippen LogP) is 4.43. The summed E-state index contributed by atoms with van der Waals surface area (Å²) >= 11 is 1.52. The number of nitrogens with two attached hydrogens (primary N) is 1. The number of nitrogen functional groups attached to an aromatic ring is 1. The van der Waals surface area contributed by atoms with Gasteiger partial charge in [0.25, 0.3) is 5.91 Å². The van der Waals surface area contributed by atoms with E-state index < -0.39 is 0 Å². The van der Waals surface area contributed by atoms with Gasteiger partial charge >= 0.3 is 0 Å². The molecule has 0 aliphatic rings. The van der Waals surface area contributed by atoms with Crippen molar-refractivity contribution in [3.05, 3.63) is 90.4 Å². The maximum absolute atomic E-state index is 12.8. The number of nitrogens with one attached hydrogen (secondary N) is 1. The van der Waals surface area contributed by atoms with E-state index >= 15 is 0 Å². The average molecular weight is 401 g/mol. The van der Waals surface area contributed by atoms with Crippen molar-refractivity contribution in [2.24, 2.45) is 0 Å². The van der Waals surface area contributed by atoms with E-state index in [1.165, 1.54) is 11.3 Å². The normalized spacial score (nSPS) is 10.6. The van der Waals surface area contributed by atoms with Crippen LogP contribution < -0.4 is 11.1 Å². The Balaban J connectivity index is 1.53. The van der Waals surface area contributed by atoms with Crippen LogP contribution in [0.2, 0.25) is 0 Å². The van der Waals surface area contributed by atoms with Crippen LogP contribution in [-0.2, 0) is 6.42 Å². The fourth-order valence-electron chi connectivity index (χ4n) is 3.06. The van der Waals surface area contributed by atoms with Crippen molar-refractivity contribution in [1.82, 2.24) is 15.3 Å². The minimum Gasteiger partial charge on any atom is -0.398 e. The van der Waals surface area contributed by atoms with E-state index in [2.05, 4.69) is 15.3 Å². The summed E-state index contributed by atoms with van der Waals surface area (Å²) in [6.07, 6.45) is 4.24. The standard InChI is InChI=1S/C23H20N4OS/c24-20-11-4-3-10-19(20)23-27-15-21(29-23)17-8-1-2-9-18(17)22(28)26-14-12-16-7-5-6-13-25-16/h1-11,13,15H,12,14,24H2,(H,26,28). The third kappa shape index (κ3) is 4.33. The van der Waals surface area contributed by atoms with Crippen molar-refractivity contribution < 1.29 is 4.79 Å². The minimum atomic E-state index is -0.106. The third-order valence-corrected chi connectivity index (χ3v) is 5.59. The van der Waals surface area contributed by atoms with Crippen molar-refractivity contribution in [2.75, 3.05) is 12.3 Å². The van der Waals surface area contributed by atoms with Crippen molar-refractivity contribution in [3.63, 3.8) is 0 Å². The Morgan fingerprint density at radius 3 is 2.48 bits per heavy atom. The summed E-state index contributed by atoms with van der Waals surface area (Å²) in [4.78, 5) is 22.5. The summed E-state index contributed by atoms with van der Waals surface area (Å²) in [7, 11) is 0. The van der Waals surface area contributed by atoms with Gasteiger partial charge < -0.3 is 11.1 Å². The second-order valence-corrected chi connectivity index (χ2v) is 7.52. The monoisotopic (exact) mass is 400 g/mol. The van der Waals surface area contributed by atoms with Crippen LogP contribution in [0.5, 0.6) is 0 Å². The molecule has 0 saturated carbocycles. The number of pyridine rings is 1. The van der Waals surface area contributed by atoms with Crippen LogP contribution in [-0.4, -0.2) is 22.4 Å². The number of aromatic nitrogens is 2. The lowest BCUT2D eigenvalue weighted by Crippen LogP contribution is -2.26. The first kappa shape index (κ1) is 18.8. The van der Waals surface area contributed by atoms with Gasteiger partial charge in [-0.05, 0) is 30.3 Å². The number of carbonyl (C=O) groups is 1. The highest BCUT2D eigenvalue weighted by Gasteiger charge is 2.15. The molecule has 0 saturated heterocycles. The zero-order valence-electron chi connectivity index (χ0n) is 15.7. The summed E-state index contributed by atoms with van der Waals surface area (Å²) in [6.45, 7) is 0.526. The molecular weight excluding hydrogens is 380 g/mol. The van der Waals surface area contributed by atoms with Crippen molar-refractivity contribution in [2.45, 2.75) is 6.42 Å². The Kier molecular flexibility index (Phi) is 5.63. The molecule has 0 unspecified atom stereocenters. The van der Waals surface area contributed by atoms with Gasteiger partial charge in [0.2, 0.25) is 0 Å². The van der Waals surface area contributed by atoms with Crippen molar-refractivity contribution in [1.29, 1.82) is 0 Å². The van der Waals surface area contributed by atoms with E-state index in [0.29, 0.717) is 24.2 Å². The fraction of sp³-hybridized carbons (Fsp3) is 0.0870. The van der Waals surface area contributed by atoms with Gasteiger partial charge in [-0.3, -0.25) is 9.78 Å². The lowest BCUT2D eigenvalue weighted by atomic mass is 10.1. The molecule has 4 rings (SSSR count). The van der Waals surface area contributed by atoms with Gasteiger partial charge in [0.15, 0.2) is 0 Å². The third-order valence-electron chi connectivity index (χ3n) is 4.53. The molecule has 0 radical (unpaired) electrons. The zero-order valence-corrected chi connectivity index (χ0v) is 16.5. The topological polar surface area (TPSA) is 80.9 Å². The summed E-state index contributed by atoms with van der Waals surface area (Å²) < 4.78 is 0. The van der Waals surface area contributed by atoms with Crippen LogP contribution >= 0.6 is 11.3 Å². The molecule has 4 aromatic rings. The summed E-state index contributed by atoms with van der Waals surface area (Å²) in [5.41, 5.74) is 10.1. The number of rotatable bonds is 6. The van der Waals surface area contributed by atoms with E-state index in [-0.39, 0.29) is 5.91 Å². The molecule has 144 valence electrons. The Morgan fingerprint density at radius 2 is 1.69 bits per heavy atom. The molecule has 0 atom stereocenters. The molecule has 0 spiro atoms. The first-order chi connectivity index (χ1) is 14.2. The van der Waals surface area contributed by atoms with E-state index in [1.54, 1.807) is 12.4 Å². The molecule has 3 N–H and O–H groups in total. The van der Waals surface area contributed by atoms with Crippen LogP contribution in [0.15, 0.2) is 79.1 Å². The van der Waals surface area contributed by atoms with E-state index in [1.807, 2.05) is 66.7 Å². The van der Waals surface area contributed by atoms with Crippen LogP contribution in [0.3, 0.4) is 0 Å². The molecule has 2 aromatic carbocycles. The lowest BCUT2D eigenvalue weighted by molar-refractivity contribution is 0.0954. The second kappa shape index (κ2) is 8.67. The Bertz CT molecular complexity index is 1120. The van der Waals surface area contributed by atoms with Gasteiger partial charge in [0, 0.05) is 53.4 Å². The number of anilines is 1. The highest BCUT2D eigenvalue weighted by Crippen LogP contribution is 2.35. The summed E-state index contributed by atoms with van der Waals surface area (Å²) in [5.74, 6) is -0.106. The van der Waals surface area contributed by atoms with Gasteiger partial charge in [-0.15, -0.1) is 11.3 Å². The summed E-state index contributed by atoms with van der Waals surface area (Å²) in [5, 5.41) is 3.83. The predicted molar refractivity (Wildman–Crippen MR) is 118 cm³/mol. The molecule has 5 nitrogen and oxygen atoms in total. The number of amides is 1. The molecule has 6 heteroatoms. The smallest absolute Gasteiger partial charge is 0.251 e. The zero-order chi connectivity index (χ0) is 20.1. The molecule has 0 aliphatic heterocycles. The number of thiazole rings is 1. The summed E-state index contributed by atoms with van der Waals surface area (Å²) in [6, 6.07) is 21.0. The van der Waals surface area contributed by atoms with Gasteiger partial charge in [-0.2, -0.15) is 0 Å². The molecule has 29 heavy (non-hydrogen) atoms. The Morgan fingerprint density at radius 1 is 0.931 bits per heavy atom. The van der Waals surface area contributed by atoms with Crippen LogP contribution in [0, 0.1) is 0 Å². The van der Waals surface area contributed by atoms with E-state index in [4.69, 9.17) is 5.73 Å². The van der Waals surface area contributed by atoms with Crippen LogP contribution in [0.4, 0.5) is 5.69 Å². The van der Waals surface area contributed by atoms with E-state index in [0.717, 1.165) is 26.7 Å². The molecule has 2 heterocycles. The van der Waals surface area contributed by atoms with Gasteiger partial charge in [0.1, 0.15) is 5.01 Å². The molecule has 0 aliphatic carbocycles. The molecule has 1 amide bonds. The Labute approximate surface area is 173 Å². The molecule has 2 aromatic heterocycles. The SMILES string of the molecule is Nc1ccccc1-c1ncc(-c2ccccc2C(=O)NCCc2ccccn2)s1. The number of benzene rings is 2. The maximum atomic E-state index is 12.8. The number of nitrogens with zero attached hydrogens (tertiary/aromatic N) is 2. The number of para-hydroxylation sites is 1. The minimum absolute atomic E-state index is 0.106. The maximum Gasteiger partial charge on any atom is 0.251 e. The van der Waals surface area contributed by atoms with Crippen molar-refractivity contribution in [3.8, 4) is 21.0 Å². The first-order valence-electron chi connectivity index (χ1n) is 9.30. The lowest BCUT2D eigenvalue weighted by Gasteiger charge is -2.09. The highest BCUT2D eigenvalue weighted by atomic mass is 32.1. The van der Waals surface area contributed by atoms with Gasteiger partial charge in [-0.1, -0.05) is 36.4 Å². The van der Waals surface area contributed by atoms with Crippen LogP contribution in [0.1, 0.15) is 16.1 Å². The first-order valence-corrected chi connectivity index (χ1v) is 10.1. The Hall–Kier alpha value is -3.51. The number of carbonyl (C=O) groups excluding carboxylic acids is 1. The largest absolute Gasteiger partial charge is 0.398 e. The van der Waals surface area contributed by atoms with Crippen LogP contribution in [0.25, 0.3) is 21.0 Å². The number of hydrogen-bond acceptors (Lipinski definition) is 5. The van der Waals surface area contributed by atoms with Crippen molar-refractivity contribution >= 4 is 22.9 Å². The van der Waals surface area contributed by atoms with Gasteiger partial charge in [0.05, 0.1) is 4.88 Å². The average Bonchev–Trinajstić information content (AvgIpc) is 3.24. The second-order valence-electron chi connectivity index (χ2n) is 6.49. The fourth-order valence-corrected chi connectivity index (χ4v) is 4.06.